The molecule has 1 saturated carbocycles. The normalized spacial score (nSPS) is 24.7. The van der Waals surface area contributed by atoms with Crippen molar-refractivity contribution in [2.75, 3.05) is 19.0 Å². The van der Waals surface area contributed by atoms with Gasteiger partial charge in [-0.3, -0.25) is 14.4 Å². The van der Waals surface area contributed by atoms with Gasteiger partial charge in [-0.2, -0.15) is 10.1 Å². The SMILES string of the molecule is COc1cc(C=NN2C(=O)[C@@H]3[C@H](C2=O)[C@H]2C=C[C@H]3C2)cc(Cl)c1OCC(=O)Nc1ccccc1. The molecule has 2 aromatic carbocycles. The maximum Gasteiger partial charge on any atom is 0.262 e. The number of hydrogen-bond acceptors (Lipinski definition) is 6. The number of hydrazone groups is 1. The first-order chi connectivity index (χ1) is 16.5. The van der Waals surface area contributed by atoms with E-state index in [-0.39, 0.29) is 58.8 Å². The van der Waals surface area contributed by atoms with E-state index >= 15 is 0 Å². The average Bonchev–Trinajstić information content (AvgIpc) is 3.51. The first-order valence-electron chi connectivity index (χ1n) is 10.9. The molecular formula is C25H22ClN3O5. The third kappa shape index (κ3) is 3.94. The molecule has 0 unspecified atom stereocenters. The lowest BCUT2D eigenvalue weighted by Crippen LogP contribution is -2.28. The quantitative estimate of drug-likeness (QED) is 0.372. The molecule has 2 fully saturated rings. The minimum atomic E-state index is -0.352. The van der Waals surface area contributed by atoms with Gasteiger partial charge in [-0.15, -0.1) is 0 Å². The highest BCUT2D eigenvalue weighted by molar-refractivity contribution is 6.32. The molecule has 34 heavy (non-hydrogen) atoms. The van der Waals surface area contributed by atoms with Gasteiger partial charge in [-0.1, -0.05) is 42.0 Å². The summed E-state index contributed by atoms with van der Waals surface area (Å²) in [6.45, 7) is -0.270. The number of anilines is 1. The molecule has 1 N–H and O–H groups in total. The molecule has 0 radical (unpaired) electrons. The van der Waals surface area contributed by atoms with Gasteiger partial charge in [0.25, 0.3) is 17.7 Å². The highest BCUT2D eigenvalue weighted by Gasteiger charge is 2.59. The van der Waals surface area contributed by atoms with Crippen LogP contribution in [0, 0.1) is 23.7 Å². The summed E-state index contributed by atoms with van der Waals surface area (Å²) in [5.41, 5.74) is 1.17. The van der Waals surface area contributed by atoms with Crippen LogP contribution in [0.5, 0.6) is 11.5 Å². The first kappa shape index (κ1) is 22.2. The smallest absolute Gasteiger partial charge is 0.262 e. The molecule has 0 spiro atoms. The molecule has 1 heterocycles. The molecule has 0 aromatic heterocycles. The van der Waals surface area contributed by atoms with E-state index in [9.17, 15) is 14.4 Å². The molecular weight excluding hydrogens is 458 g/mol. The number of allylic oxidation sites excluding steroid dienone is 2. The third-order valence-electron chi connectivity index (χ3n) is 6.43. The van der Waals surface area contributed by atoms with E-state index in [1.807, 2.05) is 30.4 Å². The lowest BCUT2D eigenvalue weighted by molar-refractivity contribution is -0.140. The summed E-state index contributed by atoms with van der Waals surface area (Å²) in [5, 5.41) is 8.06. The summed E-state index contributed by atoms with van der Waals surface area (Å²) in [6.07, 6.45) is 6.33. The van der Waals surface area contributed by atoms with Gasteiger partial charge >= 0.3 is 0 Å². The Hall–Kier alpha value is -3.65. The number of ether oxygens (including phenoxy) is 2. The maximum absolute atomic E-state index is 12.8. The summed E-state index contributed by atoms with van der Waals surface area (Å²) < 4.78 is 11.0. The molecule has 1 aliphatic heterocycles. The van der Waals surface area contributed by atoms with Crippen molar-refractivity contribution in [3.8, 4) is 11.5 Å². The van der Waals surface area contributed by atoms with E-state index in [2.05, 4.69) is 10.4 Å². The molecule has 8 nitrogen and oxygen atoms in total. The van der Waals surface area contributed by atoms with Crippen LogP contribution in [0.1, 0.15) is 12.0 Å². The molecule has 2 aromatic rings. The Labute approximate surface area is 201 Å². The summed E-state index contributed by atoms with van der Waals surface area (Å²) in [4.78, 5) is 37.8. The second-order valence-electron chi connectivity index (χ2n) is 8.47. The van der Waals surface area contributed by atoms with Crippen molar-refractivity contribution in [2.45, 2.75) is 6.42 Å². The van der Waals surface area contributed by atoms with Crippen molar-refractivity contribution in [3.05, 3.63) is 65.2 Å². The molecule has 2 aliphatic carbocycles. The number of rotatable bonds is 7. The van der Waals surface area contributed by atoms with Crippen LogP contribution in [0.3, 0.4) is 0 Å². The number of halogens is 1. The van der Waals surface area contributed by atoms with Gasteiger partial charge in [0.2, 0.25) is 0 Å². The summed E-state index contributed by atoms with van der Waals surface area (Å²) in [5.74, 6) is -0.750. The fraction of sp³-hybridized carbons (Fsp3) is 0.280. The Morgan fingerprint density at radius 2 is 1.82 bits per heavy atom. The Balaban J connectivity index is 1.27. The van der Waals surface area contributed by atoms with Gasteiger partial charge in [-0.05, 0) is 48.1 Å². The second-order valence-corrected chi connectivity index (χ2v) is 8.88. The fourth-order valence-electron chi connectivity index (χ4n) is 4.94. The molecule has 4 atom stereocenters. The molecule has 5 rings (SSSR count). The molecule has 9 heteroatoms. The van der Waals surface area contributed by atoms with E-state index in [1.165, 1.54) is 13.3 Å². The van der Waals surface area contributed by atoms with Gasteiger partial charge in [0.1, 0.15) is 0 Å². The maximum atomic E-state index is 12.8. The van der Waals surface area contributed by atoms with Crippen molar-refractivity contribution >= 4 is 41.2 Å². The lowest BCUT2D eigenvalue weighted by atomic mass is 9.85. The first-order valence-corrected chi connectivity index (χ1v) is 11.3. The Bertz CT molecular complexity index is 1180. The van der Waals surface area contributed by atoms with Gasteiger partial charge in [0.05, 0.1) is 30.2 Å². The largest absolute Gasteiger partial charge is 0.493 e. The third-order valence-corrected chi connectivity index (χ3v) is 6.71. The highest BCUT2D eigenvalue weighted by Crippen LogP contribution is 2.52. The van der Waals surface area contributed by atoms with Gasteiger partial charge in [0.15, 0.2) is 18.1 Å². The van der Waals surface area contributed by atoms with Crippen LogP contribution >= 0.6 is 11.6 Å². The minimum Gasteiger partial charge on any atom is -0.493 e. The number of amides is 3. The summed E-state index contributed by atoms with van der Waals surface area (Å²) in [7, 11) is 1.45. The Kier molecular flexibility index (Phi) is 5.83. The van der Waals surface area contributed by atoms with E-state index < -0.39 is 0 Å². The van der Waals surface area contributed by atoms with Crippen LogP contribution in [0.2, 0.25) is 5.02 Å². The molecule has 1 saturated heterocycles. The van der Waals surface area contributed by atoms with E-state index in [0.29, 0.717) is 17.0 Å². The number of benzene rings is 2. The number of methoxy groups -OCH3 is 1. The summed E-state index contributed by atoms with van der Waals surface area (Å²) in [6, 6.07) is 12.2. The van der Waals surface area contributed by atoms with Crippen LogP contribution in [0.15, 0.2) is 59.7 Å². The fourth-order valence-corrected chi connectivity index (χ4v) is 5.21. The molecule has 2 bridgehead atoms. The Morgan fingerprint density at radius 3 is 2.47 bits per heavy atom. The number of para-hydroxylation sites is 1. The second kappa shape index (κ2) is 8.95. The number of carbonyl (C=O) groups excluding carboxylic acids is 3. The number of nitrogens with zero attached hydrogens (tertiary/aromatic N) is 2. The van der Waals surface area contributed by atoms with Crippen LogP contribution in [-0.2, 0) is 14.4 Å². The zero-order valence-electron chi connectivity index (χ0n) is 18.3. The standard InChI is InChI=1S/C25H22ClN3O5/c1-33-19-10-14(9-18(26)23(19)34-13-20(30)28-17-5-3-2-4-6-17)12-27-29-24(31)21-15-7-8-16(11-15)22(21)25(29)32/h2-10,12,15-16,21-22H,11,13H2,1H3,(H,28,30)/t15-,16-,21-,22+/m0/s1. The highest BCUT2D eigenvalue weighted by atomic mass is 35.5. The van der Waals surface area contributed by atoms with Crippen molar-refractivity contribution in [2.24, 2.45) is 28.8 Å². The van der Waals surface area contributed by atoms with Crippen molar-refractivity contribution in [1.82, 2.24) is 5.01 Å². The number of fused-ring (bicyclic) bond motifs is 5. The number of carbonyl (C=O) groups is 3. The molecule has 3 aliphatic rings. The zero-order valence-corrected chi connectivity index (χ0v) is 19.1. The van der Waals surface area contributed by atoms with Gasteiger partial charge in [-0.25, -0.2) is 0 Å². The minimum absolute atomic E-state index is 0.122. The van der Waals surface area contributed by atoms with E-state index in [4.69, 9.17) is 21.1 Å². The number of imide groups is 1. The van der Waals surface area contributed by atoms with Crippen LogP contribution in [0.25, 0.3) is 0 Å². The average molecular weight is 480 g/mol. The van der Waals surface area contributed by atoms with Gasteiger partial charge < -0.3 is 14.8 Å². The predicted molar refractivity (Wildman–Crippen MR) is 126 cm³/mol. The summed E-state index contributed by atoms with van der Waals surface area (Å²) >= 11 is 6.38. The number of hydrogen-bond donors (Lipinski definition) is 1. The van der Waals surface area contributed by atoms with Crippen LogP contribution in [-0.4, -0.2) is 42.7 Å². The monoisotopic (exact) mass is 479 g/mol. The van der Waals surface area contributed by atoms with Crippen molar-refractivity contribution < 1.29 is 23.9 Å². The molecule has 3 amide bonds. The van der Waals surface area contributed by atoms with E-state index in [0.717, 1.165) is 11.4 Å². The van der Waals surface area contributed by atoms with Crippen LogP contribution in [0.4, 0.5) is 5.69 Å². The Morgan fingerprint density at radius 1 is 1.15 bits per heavy atom. The van der Waals surface area contributed by atoms with Crippen LogP contribution < -0.4 is 14.8 Å². The molecule has 174 valence electrons. The van der Waals surface area contributed by atoms with E-state index in [1.54, 1.807) is 24.3 Å². The van der Waals surface area contributed by atoms with Crippen molar-refractivity contribution in [1.29, 1.82) is 0 Å². The van der Waals surface area contributed by atoms with Crippen molar-refractivity contribution in [3.63, 3.8) is 0 Å². The topological polar surface area (TPSA) is 97.3 Å². The lowest BCUT2D eigenvalue weighted by Gasteiger charge is -2.14. The van der Waals surface area contributed by atoms with Gasteiger partial charge in [0, 0.05) is 5.69 Å². The zero-order chi connectivity index (χ0) is 23.8. The number of nitrogens with one attached hydrogen (secondary N) is 1. The predicted octanol–water partition coefficient (Wildman–Crippen LogP) is 3.51.